The number of halogens is 1. The van der Waals surface area contributed by atoms with Gasteiger partial charge in [-0.1, -0.05) is 0 Å². The Morgan fingerprint density at radius 1 is 1.50 bits per heavy atom. The van der Waals surface area contributed by atoms with Crippen LogP contribution in [0.5, 0.6) is 0 Å². The molecule has 1 rings (SSSR count). The van der Waals surface area contributed by atoms with Crippen LogP contribution in [-0.2, 0) is 0 Å². The maximum atomic E-state index is 8.70. The summed E-state index contributed by atoms with van der Waals surface area (Å²) in [5.74, 6) is 0.732. The van der Waals surface area contributed by atoms with E-state index in [4.69, 9.17) is 16.7 Å². The lowest BCUT2D eigenvalue weighted by Crippen LogP contribution is -2.31. The summed E-state index contributed by atoms with van der Waals surface area (Å²) in [4.78, 5) is 2.45. The van der Waals surface area contributed by atoms with Gasteiger partial charge >= 0.3 is 0 Å². The molecule has 0 saturated carbocycles. The van der Waals surface area contributed by atoms with Crippen LogP contribution in [0.4, 0.5) is 0 Å². The summed E-state index contributed by atoms with van der Waals surface area (Å²) in [6.07, 6.45) is 4.65. The van der Waals surface area contributed by atoms with Gasteiger partial charge in [-0.05, 0) is 32.2 Å². The predicted molar refractivity (Wildman–Crippen MR) is 51.6 cm³/mol. The van der Waals surface area contributed by atoms with Crippen molar-refractivity contribution in [1.29, 1.82) is 0 Å². The molecule has 0 radical (unpaired) electrons. The monoisotopic (exact) mass is 191 g/mol. The zero-order valence-corrected chi connectivity index (χ0v) is 8.26. The third-order valence-corrected chi connectivity index (χ3v) is 2.74. The molecule has 0 spiro atoms. The Bertz CT molecular complexity index is 121. The van der Waals surface area contributed by atoms with Crippen LogP contribution in [0.1, 0.15) is 25.7 Å². The maximum absolute atomic E-state index is 8.70. The third kappa shape index (κ3) is 2.92. The van der Waals surface area contributed by atoms with Gasteiger partial charge in [-0.2, -0.15) is 0 Å². The number of alkyl halides is 1. The lowest BCUT2D eigenvalue weighted by atomic mass is 10.1. The summed E-state index contributed by atoms with van der Waals surface area (Å²) in [6.45, 7) is 2.53. The summed E-state index contributed by atoms with van der Waals surface area (Å²) < 4.78 is 0. The molecular formula is C9H18ClNO. The zero-order chi connectivity index (χ0) is 8.81. The molecule has 1 unspecified atom stereocenters. The second-order valence-corrected chi connectivity index (χ2v) is 3.76. The standard InChI is InChI=1S/C9H18ClNO/c10-5-7-11-6-1-3-9(11)4-2-8-12/h9,12H,1-8H2. The number of nitrogens with zero attached hydrogens (tertiary/aromatic N) is 1. The summed E-state index contributed by atoms with van der Waals surface area (Å²) in [6, 6.07) is 0.691. The fourth-order valence-electron chi connectivity index (χ4n) is 1.95. The van der Waals surface area contributed by atoms with Crippen molar-refractivity contribution in [3.05, 3.63) is 0 Å². The van der Waals surface area contributed by atoms with Gasteiger partial charge in [0.15, 0.2) is 0 Å². The van der Waals surface area contributed by atoms with E-state index in [0.29, 0.717) is 12.6 Å². The molecule has 1 atom stereocenters. The highest BCUT2D eigenvalue weighted by Crippen LogP contribution is 2.20. The summed E-state index contributed by atoms with van der Waals surface area (Å²) >= 11 is 5.69. The van der Waals surface area contributed by atoms with E-state index in [1.165, 1.54) is 19.4 Å². The van der Waals surface area contributed by atoms with E-state index in [1.54, 1.807) is 0 Å². The Balaban J connectivity index is 2.20. The van der Waals surface area contributed by atoms with Gasteiger partial charge in [0.05, 0.1) is 0 Å². The molecule has 0 aromatic carbocycles. The number of aliphatic hydroxyl groups is 1. The van der Waals surface area contributed by atoms with Crippen LogP contribution in [-0.4, -0.2) is 41.6 Å². The highest BCUT2D eigenvalue weighted by atomic mass is 35.5. The number of rotatable bonds is 5. The molecule has 0 bridgehead atoms. The minimum atomic E-state index is 0.325. The number of hydrogen-bond acceptors (Lipinski definition) is 2. The molecule has 72 valence electrons. The van der Waals surface area contributed by atoms with E-state index < -0.39 is 0 Å². The normalized spacial score (nSPS) is 25.0. The van der Waals surface area contributed by atoms with Crippen molar-refractivity contribution in [3.8, 4) is 0 Å². The average molecular weight is 192 g/mol. The van der Waals surface area contributed by atoms with Crippen LogP contribution in [0, 0.1) is 0 Å². The lowest BCUT2D eigenvalue weighted by molar-refractivity contribution is 0.224. The van der Waals surface area contributed by atoms with E-state index >= 15 is 0 Å². The topological polar surface area (TPSA) is 23.5 Å². The van der Waals surface area contributed by atoms with Crippen molar-refractivity contribution in [2.24, 2.45) is 0 Å². The van der Waals surface area contributed by atoms with Gasteiger partial charge in [0.2, 0.25) is 0 Å². The van der Waals surface area contributed by atoms with Gasteiger partial charge in [-0.15, -0.1) is 11.6 Å². The first-order valence-electron chi connectivity index (χ1n) is 4.79. The van der Waals surface area contributed by atoms with Crippen LogP contribution < -0.4 is 0 Å². The Hall–Kier alpha value is 0.210. The molecule has 12 heavy (non-hydrogen) atoms. The second kappa shape index (κ2) is 5.79. The van der Waals surface area contributed by atoms with Gasteiger partial charge < -0.3 is 5.11 Å². The fourth-order valence-corrected chi connectivity index (χ4v) is 2.17. The molecule has 0 aromatic heterocycles. The van der Waals surface area contributed by atoms with Gasteiger partial charge in [0, 0.05) is 25.1 Å². The smallest absolute Gasteiger partial charge is 0.0431 e. The van der Waals surface area contributed by atoms with Gasteiger partial charge in [0.1, 0.15) is 0 Å². The molecule has 1 aliphatic heterocycles. The Morgan fingerprint density at radius 3 is 3.00 bits per heavy atom. The molecule has 3 heteroatoms. The van der Waals surface area contributed by atoms with Crippen molar-refractivity contribution in [2.75, 3.05) is 25.6 Å². The minimum absolute atomic E-state index is 0.325. The molecule has 1 N–H and O–H groups in total. The highest BCUT2D eigenvalue weighted by Gasteiger charge is 2.22. The molecule has 0 aliphatic carbocycles. The third-order valence-electron chi connectivity index (χ3n) is 2.57. The maximum Gasteiger partial charge on any atom is 0.0431 e. The first kappa shape index (κ1) is 10.3. The van der Waals surface area contributed by atoms with E-state index in [2.05, 4.69) is 4.90 Å². The number of aliphatic hydroxyl groups excluding tert-OH is 1. The quantitative estimate of drug-likeness (QED) is 0.666. The van der Waals surface area contributed by atoms with Crippen molar-refractivity contribution in [1.82, 2.24) is 4.90 Å². The zero-order valence-electron chi connectivity index (χ0n) is 7.51. The minimum Gasteiger partial charge on any atom is -0.396 e. The van der Waals surface area contributed by atoms with Crippen molar-refractivity contribution in [3.63, 3.8) is 0 Å². The molecule has 1 aliphatic rings. The Kier molecular flexibility index (Phi) is 4.96. The van der Waals surface area contributed by atoms with Gasteiger partial charge in [-0.3, -0.25) is 4.90 Å². The highest BCUT2D eigenvalue weighted by molar-refractivity contribution is 6.18. The Labute approximate surface area is 79.5 Å². The predicted octanol–water partition coefficient (Wildman–Crippen LogP) is 1.46. The molecular weight excluding hydrogens is 174 g/mol. The fraction of sp³-hybridized carbons (Fsp3) is 1.00. The van der Waals surface area contributed by atoms with Crippen LogP contribution >= 0.6 is 11.6 Å². The van der Waals surface area contributed by atoms with Crippen LogP contribution in [0.2, 0.25) is 0 Å². The van der Waals surface area contributed by atoms with Crippen molar-refractivity contribution >= 4 is 11.6 Å². The summed E-state index contributed by atoms with van der Waals surface area (Å²) in [5, 5.41) is 8.70. The van der Waals surface area contributed by atoms with Crippen LogP contribution in [0.3, 0.4) is 0 Å². The first-order valence-corrected chi connectivity index (χ1v) is 5.33. The van der Waals surface area contributed by atoms with Crippen molar-refractivity contribution < 1.29 is 5.11 Å². The molecule has 0 aromatic rings. The van der Waals surface area contributed by atoms with Gasteiger partial charge in [0.25, 0.3) is 0 Å². The summed E-state index contributed by atoms with van der Waals surface area (Å²) in [5.41, 5.74) is 0. The molecule has 1 saturated heterocycles. The van der Waals surface area contributed by atoms with E-state index in [9.17, 15) is 0 Å². The number of hydrogen-bond donors (Lipinski definition) is 1. The van der Waals surface area contributed by atoms with Gasteiger partial charge in [-0.25, -0.2) is 0 Å². The van der Waals surface area contributed by atoms with Crippen LogP contribution in [0.15, 0.2) is 0 Å². The summed E-state index contributed by atoms with van der Waals surface area (Å²) in [7, 11) is 0. The largest absolute Gasteiger partial charge is 0.396 e. The molecule has 1 fully saturated rings. The average Bonchev–Trinajstić information content (AvgIpc) is 2.50. The first-order chi connectivity index (χ1) is 5.88. The number of likely N-dealkylation sites (tertiary alicyclic amines) is 1. The van der Waals surface area contributed by atoms with E-state index in [0.717, 1.165) is 25.3 Å². The Morgan fingerprint density at radius 2 is 2.33 bits per heavy atom. The van der Waals surface area contributed by atoms with E-state index in [1.807, 2.05) is 0 Å². The molecule has 2 nitrogen and oxygen atoms in total. The lowest BCUT2D eigenvalue weighted by Gasteiger charge is -2.22. The molecule has 1 heterocycles. The van der Waals surface area contributed by atoms with Crippen molar-refractivity contribution in [2.45, 2.75) is 31.7 Å². The molecule has 0 amide bonds. The second-order valence-electron chi connectivity index (χ2n) is 3.39. The van der Waals surface area contributed by atoms with Crippen LogP contribution in [0.25, 0.3) is 0 Å². The SMILES string of the molecule is OCCCC1CCCN1CCCl. The van der Waals surface area contributed by atoms with E-state index in [-0.39, 0.29) is 0 Å².